The number of carboxylic acid groups (broad SMARTS) is 1. The van der Waals surface area contributed by atoms with Crippen LogP contribution in [0.4, 0.5) is 13.6 Å². The molecular weight excluding hydrogens is 308 g/mol. The summed E-state index contributed by atoms with van der Waals surface area (Å²) in [4.78, 5) is 25.4. The number of aliphatic carboxylic acids is 1. The Hall–Kier alpha value is -1.40. The van der Waals surface area contributed by atoms with Crippen LogP contribution in [0, 0.1) is 10.8 Å². The van der Waals surface area contributed by atoms with Crippen LogP contribution < -0.4 is 0 Å². The number of carboxylic acids is 1. The highest BCUT2D eigenvalue weighted by Gasteiger charge is 2.66. The number of nitrogens with zero attached hydrogens (tertiary/aromatic N) is 1. The number of rotatable bonds is 3. The number of ether oxygens (including phenoxy) is 1. The zero-order valence-corrected chi connectivity index (χ0v) is 13.9. The molecule has 132 valence electrons. The van der Waals surface area contributed by atoms with Gasteiger partial charge in [0.1, 0.15) is 0 Å². The van der Waals surface area contributed by atoms with Crippen LogP contribution in [0.2, 0.25) is 0 Å². The number of carbonyl (C=O) groups excluding carboxylic acids is 1. The molecule has 5 nitrogen and oxygen atoms in total. The summed E-state index contributed by atoms with van der Waals surface area (Å²) in [6, 6.07) is -0.721. The molecule has 1 saturated heterocycles. The summed E-state index contributed by atoms with van der Waals surface area (Å²) in [6.45, 7) is 6.30. The molecule has 7 heteroatoms. The lowest BCUT2D eigenvalue weighted by Crippen LogP contribution is -2.64. The molecule has 1 atom stereocenters. The van der Waals surface area contributed by atoms with Crippen LogP contribution >= 0.6 is 0 Å². The normalized spacial score (nSPS) is 26.3. The van der Waals surface area contributed by atoms with Crippen LogP contribution in [0.5, 0.6) is 0 Å². The topological polar surface area (TPSA) is 66.8 Å². The van der Waals surface area contributed by atoms with Crippen molar-refractivity contribution in [2.75, 3.05) is 13.2 Å². The molecule has 0 aromatic carbocycles. The number of halogens is 2. The van der Waals surface area contributed by atoms with Crippen molar-refractivity contribution in [2.45, 2.75) is 64.8 Å². The van der Waals surface area contributed by atoms with E-state index in [4.69, 9.17) is 4.74 Å². The Morgan fingerprint density at radius 3 is 2.35 bits per heavy atom. The molecule has 1 aliphatic carbocycles. The molecular formula is C16H25F2NO4. The molecule has 2 aliphatic rings. The number of amides is 1. The Morgan fingerprint density at radius 2 is 1.87 bits per heavy atom. The molecule has 23 heavy (non-hydrogen) atoms. The summed E-state index contributed by atoms with van der Waals surface area (Å²) >= 11 is 0. The van der Waals surface area contributed by atoms with Crippen LogP contribution in [-0.2, 0) is 9.53 Å². The van der Waals surface area contributed by atoms with Crippen molar-refractivity contribution < 1.29 is 28.2 Å². The lowest BCUT2D eigenvalue weighted by molar-refractivity contribution is -0.210. The van der Waals surface area contributed by atoms with E-state index in [2.05, 4.69) is 0 Å². The Labute approximate surface area is 135 Å². The summed E-state index contributed by atoms with van der Waals surface area (Å²) in [5.41, 5.74) is -1.76. The van der Waals surface area contributed by atoms with Gasteiger partial charge in [-0.1, -0.05) is 20.8 Å². The quantitative estimate of drug-likeness (QED) is 0.858. The second-order valence-corrected chi connectivity index (χ2v) is 7.99. The fourth-order valence-electron chi connectivity index (χ4n) is 3.49. The fraction of sp³-hybridized carbons (Fsp3) is 0.875. The Kier molecular flexibility index (Phi) is 4.61. The number of hydrogen-bond donors (Lipinski definition) is 1. The van der Waals surface area contributed by atoms with Gasteiger partial charge in [0.05, 0.1) is 18.1 Å². The summed E-state index contributed by atoms with van der Waals surface area (Å²) in [7, 11) is 0. The number of piperidine rings is 1. The van der Waals surface area contributed by atoms with E-state index in [0.717, 1.165) is 12.8 Å². The van der Waals surface area contributed by atoms with E-state index in [1.165, 1.54) is 4.90 Å². The van der Waals surface area contributed by atoms with Gasteiger partial charge in [-0.3, -0.25) is 4.79 Å². The minimum absolute atomic E-state index is 0.200. The van der Waals surface area contributed by atoms with E-state index in [0.29, 0.717) is 13.0 Å². The van der Waals surface area contributed by atoms with Gasteiger partial charge in [-0.2, -0.15) is 0 Å². The first-order valence-corrected chi connectivity index (χ1v) is 8.02. The monoisotopic (exact) mass is 333 g/mol. The molecule has 0 spiro atoms. The molecule has 1 amide bonds. The third-order valence-corrected chi connectivity index (χ3v) is 4.58. The SMILES string of the molecule is CC(C)(C)COC(=O)N1CCCCC1C1(C(=O)O)CC(F)(F)C1. The Morgan fingerprint density at radius 1 is 1.26 bits per heavy atom. The van der Waals surface area contributed by atoms with Crippen molar-refractivity contribution in [3.8, 4) is 0 Å². The fourth-order valence-corrected chi connectivity index (χ4v) is 3.49. The highest BCUT2D eigenvalue weighted by Crippen LogP contribution is 2.56. The van der Waals surface area contributed by atoms with Gasteiger partial charge >= 0.3 is 12.1 Å². The van der Waals surface area contributed by atoms with Gasteiger partial charge in [-0.05, 0) is 24.7 Å². The van der Waals surface area contributed by atoms with Crippen molar-refractivity contribution in [2.24, 2.45) is 10.8 Å². The molecule has 2 fully saturated rings. The van der Waals surface area contributed by atoms with Crippen molar-refractivity contribution in [1.82, 2.24) is 4.90 Å². The lowest BCUT2D eigenvalue weighted by Gasteiger charge is -2.52. The largest absolute Gasteiger partial charge is 0.481 e. The van der Waals surface area contributed by atoms with Gasteiger partial charge in [0.15, 0.2) is 0 Å². The second kappa shape index (κ2) is 5.91. The van der Waals surface area contributed by atoms with Crippen molar-refractivity contribution in [1.29, 1.82) is 0 Å². The third kappa shape index (κ3) is 3.75. The van der Waals surface area contributed by atoms with Gasteiger partial charge in [-0.25, -0.2) is 13.6 Å². The van der Waals surface area contributed by atoms with Crippen LogP contribution in [0.15, 0.2) is 0 Å². The van der Waals surface area contributed by atoms with Crippen molar-refractivity contribution in [3.05, 3.63) is 0 Å². The van der Waals surface area contributed by atoms with E-state index in [1.54, 1.807) is 0 Å². The van der Waals surface area contributed by atoms with Crippen molar-refractivity contribution in [3.63, 3.8) is 0 Å². The average Bonchev–Trinajstić information content (AvgIpc) is 2.40. The number of alkyl halides is 2. The zero-order valence-electron chi connectivity index (χ0n) is 13.9. The first-order chi connectivity index (χ1) is 10.5. The van der Waals surface area contributed by atoms with Crippen LogP contribution in [0.3, 0.4) is 0 Å². The summed E-state index contributed by atoms with van der Waals surface area (Å²) in [6.07, 6.45) is -0.124. The number of likely N-dealkylation sites (tertiary alicyclic amines) is 1. The smallest absolute Gasteiger partial charge is 0.410 e. The highest BCUT2D eigenvalue weighted by atomic mass is 19.3. The maximum atomic E-state index is 13.4. The van der Waals surface area contributed by atoms with Crippen LogP contribution in [-0.4, -0.2) is 47.2 Å². The highest BCUT2D eigenvalue weighted by molar-refractivity contribution is 5.79. The summed E-state index contributed by atoms with van der Waals surface area (Å²) in [5, 5.41) is 9.51. The van der Waals surface area contributed by atoms with Crippen molar-refractivity contribution >= 4 is 12.1 Å². The second-order valence-electron chi connectivity index (χ2n) is 7.99. The maximum absolute atomic E-state index is 13.4. The minimum atomic E-state index is -2.96. The van der Waals surface area contributed by atoms with Gasteiger partial charge in [0.25, 0.3) is 5.92 Å². The third-order valence-electron chi connectivity index (χ3n) is 4.58. The molecule has 1 heterocycles. The lowest BCUT2D eigenvalue weighted by atomic mass is 9.59. The molecule has 0 aromatic heterocycles. The molecule has 0 bridgehead atoms. The Bertz CT molecular complexity index is 479. The van der Waals surface area contributed by atoms with Gasteiger partial charge < -0.3 is 14.7 Å². The summed E-state index contributed by atoms with van der Waals surface area (Å²) in [5.74, 6) is -4.21. The predicted octanol–water partition coefficient (Wildman–Crippen LogP) is 3.52. The molecule has 1 saturated carbocycles. The maximum Gasteiger partial charge on any atom is 0.410 e. The van der Waals surface area contributed by atoms with E-state index < -0.39 is 42.3 Å². The first-order valence-electron chi connectivity index (χ1n) is 8.02. The number of hydrogen-bond acceptors (Lipinski definition) is 3. The summed E-state index contributed by atoms with van der Waals surface area (Å²) < 4.78 is 32.0. The van der Waals surface area contributed by atoms with Crippen LogP contribution in [0.1, 0.15) is 52.9 Å². The minimum Gasteiger partial charge on any atom is -0.481 e. The van der Waals surface area contributed by atoms with Gasteiger partial charge in [0.2, 0.25) is 0 Å². The van der Waals surface area contributed by atoms with E-state index in [-0.39, 0.29) is 12.0 Å². The average molecular weight is 333 g/mol. The van der Waals surface area contributed by atoms with E-state index in [9.17, 15) is 23.5 Å². The molecule has 2 rings (SSSR count). The van der Waals surface area contributed by atoms with Gasteiger partial charge in [-0.15, -0.1) is 0 Å². The Balaban J connectivity index is 2.14. The molecule has 0 aromatic rings. The standard InChI is InChI=1S/C16H25F2NO4/c1-14(2,3)10-23-13(22)19-7-5-4-6-11(19)15(12(20)21)8-16(17,18)9-15/h11H,4-10H2,1-3H3,(H,20,21). The van der Waals surface area contributed by atoms with E-state index in [1.807, 2.05) is 20.8 Å². The molecule has 1 unspecified atom stereocenters. The molecule has 1 aliphatic heterocycles. The van der Waals surface area contributed by atoms with E-state index >= 15 is 0 Å². The predicted molar refractivity (Wildman–Crippen MR) is 79.4 cm³/mol. The molecule has 1 N–H and O–H groups in total. The number of carbonyl (C=O) groups is 2. The van der Waals surface area contributed by atoms with Gasteiger partial charge in [0, 0.05) is 19.4 Å². The molecule has 0 radical (unpaired) electrons. The van der Waals surface area contributed by atoms with Crippen LogP contribution in [0.25, 0.3) is 0 Å². The zero-order chi connectivity index (χ0) is 17.5. The first kappa shape index (κ1) is 17.9.